The van der Waals surface area contributed by atoms with Crippen molar-refractivity contribution >= 4 is 20.2 Å². The Morgan fingerprint density at radius 3 is 1.81 bits per heavy atom. The predicted octanol–water partition coefficient (Wildman–Crippen LogP) is 2.77. The van der Waals surface area contributed by atoms with Gasteiger partial charge >= 0.3 is 6.18 Å². The van der Waals surface area contributed by atoms with Crippen LogP contribution in [-0.4, -0.2) is 52.2 Å². The van der Waals surface area contributed by atoms with Crippen molar-refractivity contribution in [3.8, 4) is 11.5 Å². The second-order valence-corrected chi connectivity index (χ2v) is 9.51. The molecule has 0 amide bonds. The molecule has 8 nitrogen and oxygen atoms in total. The molecule has 2 aromatic rings. The van der Waals surface area contributed by atoms with Crippen LogP contribution in [0.4, 0.5) is 13.2 Å². The molecular weight excluding hydrogens is 465 g/mol. The van der Waals surface area contributed by atoms with E-state index in [2.05, 4.69) is 0 Å². The summed E-state index contributed by atoms with van der Waals surface area (Å²) >= 11 is 0. The molecule has 0 radical (unpaired) electrons. The van der Waals surface area contributed by atoms with Crippen molar-refractivity contribution in [2.75, 3.05) is 24.7 Å². The van der Waals surface area contributed by atoms with Crippen LogP contribution in [0.3, 0.4) is 0 Å². The van der Waals surface area contributed by atoms with E-state index in [0.717, 1.165) is 24.3 Å². The second-order valence-electron chi connectivity index (χ2n) is 6.22. The lowest BCUT2D eigenvalue weighted by molar-refractivity contribution is -0.137. The first-order valence-electron chi connectivity index (χ1n) is 8.68. The first kappa shape index (κ1) is 24.9. The molecule has 0 aliphatic heterocycles. The monoisotopic (exact) mass is 484 g/mol. The average Bonchev–Trinajstić information content (AvgIpc) is 2.68. The maximum Gasteiger partial charge on any atom is 0.416 e. The molecule has 172 valence electrons. The van der Waals surface area contributed by atoms with Crippen molar-refractivity contribution in [1.29, 1.82) is 0 Å². The molecule has 13 heteroatoms. The molecule has 0 spiro atoms. The Hall–Kier alpha value is -2.35. The third-order valence-electron chi connectivity index (χ3n) is 3.67. The highest BCUT2D eigenvalue weighted by molar-refractivity contribution is 7.90. The smallest absolute Gasteiger partial charge is 0.416 e. The van der Waals surface area contributed by atoms with E-state index in [9.17, 15) is 30.0 Å². The van der Waals surface area contributed by atoms with E-state index < -0.39 is 56.2 Å². The van der Waals surface area contributed by atoms with Gasteiger partial charge in [-0.05, 0) is 36.4 Å². The zero-order chi connectivity index (χ0) is 23.1. The quantitative estimate of drug-likeness (QED) is 0.382. The lowest BCUT2D eigenvalue weighted by Crippen LogP contribution is -2.33. The summed E-state index contributed by atoms with van der Waals surface area (Å²) in [7, 11) is -8.93. The molecule has 0 saturated carbocycles. The first-order valence-corrected chi connectivity index (χ1v) is 11.9. The predicted molar refractivity (Wildman–Crippen MR) is 104 cm³/mol. The van der Waals surface area contributed by atoms with Gasteiger partial charge in [-0.25, -0.2) is 0 Å². The van der Waals surface area contributed by atoms with Gasteiger partial charge in [0.2, 0.25) is 0 Å². The fourth-order valence-electron chi connectivity index (χ4n) is 2.20. The van der Waals surface area contributed by atoms with Gasteiger partial charge in [-0.1, -0.05) is 18.2 Å². The molecule has 0 heterocycles. The van der Waals surface area contributed by atoms with Crippen molar-refractivity contribution in [2.45, 2.75) is 12.3 Å². The summed E-state index contributed by atoms with van der Waals surface area (Å²) in [5.74, 6) is -1.66. The number of halogens is 3. The van der Waals surface area contributed by atoms with E-state index >= 15 is 0 Å². The average molecular weight is 484 g/mol. The Morgan fingerprint density at radius 1 is 0.806 bits per heavy atom. The summed E-state index contributed by atoms with van der Waals surface area (Å²) < 4.78 is 108. The molecule has 2 aromatic carbocycles. The molecule has 31 heavy (non-hydrogen) atoms. The molecule has 0 saturated heterocycles. The van der Waals surface area contributed by atoms with Crippen molar-refractivity contribution in [2.24, 2.45) is 0 Å². The number of para-hydroxylation sites is 1. The Balaban J connectivity index is 2.05. The molecule has 0 aliphatic carbocycles. The molecule has 0 bridgehead atoms. The molecular formula is C18H19F3O8S2. The number of ether oxygens (including phenoxy) is 2. The van der Waals surface area contributed by atoms with Crippen LogP contribution in [-0.2, 0) is 30.6 Å². The van der Waals surface area contributed by atoms with E-state index in [1.54, 1.807) is 30.3 Å². The number of hydrogen-bond acceptors (Lipinski definition) is 7. The first-order chi connectivity index (χ1) is 14.3. The van der Waals surface area contributed by atoms with E-state index in [1.165, 1.54) is 0 Å². The number of hydrogen-bond donors (Lipinski definition) is 1. The van der Waals surface area contributed by atoms with Crippen LogP contribution in [0.1, 0.15) is 5.56 Å². The molecule has 1 atom stereocenters. The number of alkyl halides is 3. The van der Waals surface area contributed by atoms with Gasteiger partial charge in [0, 0.05) is 0 Å². The van der Waals surface area contributed by atoms with Crippen LogP contribution in [0, 0.1) is 0 Å². The van der Waals surface area contributed by atoms with Gasteiger partial charge in [-0.2, -0.15) is 30.0 Å². The molecule has 0 fully saturated rings. The van der Waals surface area contributed by atoms with Crippen LogP contribution in [0.15, 0.2) is 54.6 Å². The summed E-state index contributed by atoms with van der Waals surface area (Å²) in [4.78, 5) is 0. The third-order valence-corrected chi connectivity index (χ3v) is 5.92. The van der Waals surface area contributed by atoms with Crippen LogP contribution in [0.2, 0.25) is 0 Å². The summed E-state index contributed by atoms with van der Waals surface area (Å²) in [5.41, 5.74) is -0.882. The third kappa shape index (κ3) is 9.55. The highest BCUT2D eigenvalue weighted by Gasteiger charge is 2.30. The molecule has 2 rings (SSSR count). The minimum absolute atomic E-state index is 0.0247. The Bertz CT molecular complexity index is 1040. The van der Waals surface area contributed by atoms with E-state index in [-0.39, 0.29) is 12.4 Å². The van der Waals surface area contributed by atoms with Gasteiger partial charge in [0.15, 0.2) is 0 Å². The minimum atomic E-state index is -4.53. The van der Waals surface area contributed by atoms with Gasteiger partial charge in [-0.3, -0.25) is 8.74 Å². The largest absolute Gasteiger partial charge is 0.491 e. The maximum absolute atomic E-state index is 12.6. The van der Waals surface area contributed by atoms with E-state index in [4.69, 9.17) is 18.2 Å². The zero-order valence-corrected chi connectivity index (χ0v) is 17.5. The molecule has 0 aromatic heterocycles. The molecule has 1 unspecified atom stereocenters. The van der Waals surface area contributed by atoms with Crippen molar-refractivity contribution in [1.82, 2.24) is 0 Å². The van der Waals surface area contributed by atoms with Gasteiger partial charge in [0.1, 0.15) is 30.8 Å². The molecule has 1 N–H and O–H groups in total. The van der Waals surface area contributed by atoms with Crippen molar-refractivity contribution in [3.05, 3.63) is 60.2 Å². The summed E-state index contributed by atoms with van der Waals surface area (Å²) in [5, 5.41) is 0. The van der Waals surface area contributed by atoms with E-state index in [1.807, 2.05) is 0 Å². The van der Waals surface area contributed by atoms with Crippen LogP contribution in [0.25, 0.3) is 0 Å². The Morgan fingerprint density at radius 2 is 1.32 bits per heavy atom. The summed E-state index contributed by atoms with van der Waals surface area (Å²) in [6.45, 7) is -0.751. The SMILES string of the molecule is O=S(=O)(O)CCS(=O)(=O)OC(COc1ccccc1)COc1ccc(C(F)(F)F)cc1. The number of rotatable bonds is 11. The molecule has 0 aliphatic rings. The fraction of sp³-hybridized carbons (Fsp3) is 0.333. The normalized spacial score (nSPS) is 13.5. The number of benzene rings is 2. The van der Waals surface area contributed by atoms with E-state index in [0.29, 0.717) is 5.75 Å². The summed E-state index contributed by atoms with van der Waals surface area (Å²) in [6.07, 6.45) is -5.77. The second kappa shape index (κ2) is 10.3. The van der Waals surface area contributed by atoms with Crippen LogP contribution < -0.4 is 9.47 Å². The Kier molecular flexibility index (Phi) is 8.28. The fourth-order valence-corrected chi connectivity index (χ4v) is 4.48. The lowest BCUT2D eigenvalue weighted by Gasteiger charge is -2.19. The highest BCUT2D eigenvalue weighted by Crippen LogP contribution is 2.30. The standard InChI is InChI=1S/C18H19F3O8S2/c19-18(20,21)14-6-8-16(9-7-14)28-13-17(12-27-15-4-2-1-3-5-15)29-31(25,26)11-10-30(22,23)24/h1-9,17H,10-13H2,(H,22,23,24). The highest BCUT2D eigenvalue weighted by atomic mass is 32.2. The van der Waals surface area contributed by atoms with Crippen molar-refractivity contribution < 1.29 is 48.2 Å². The van der Waals surface area contributed by atoms with Gasteiger partial charge < -0.3 is 9.47 Å². The van der Waals surface area contributed by atoms with Gasteiger partial charge in [0.25, 0.3) is 20.2 Å². The zero-order valence-electron chi connectivity index (χ0n) is 15.9. The Labute approximate surface area is 177 Å². The van der Waals surface area contributed by atoms with Crippen molar-refractivity contribution in [3.63, 3.8) is 0 Å². The van der Waals surface area contributed by atoms with Crippen LogP contribution in [0.5, 0.6) is 11.5 Å². The topological polar surface area (TPSA) is 116 Å². The minimum Gasteiger partial charge on any atom is -0.491 e. The van der Waals surface area contributed by atoms with Crippen LogP contribution >= 0.6 is 0 Å². The lowest BCUT2D eigenvalue weighted by atomic mass is 10.2. The van der Waals surface area contributed by atoms with Gasteiger partial charge in [0.05, 0.1) is 17.1 Å². The maximum atomic E-state index is 12.6. The summed E-state index contributed by atoms with van der Waals surface area (Å²) in [6, 6.07) is 12.0. The van der Waals surface area contributed by atoms with Gasteiger partial charge in [-0.15, -0.1) is 0 Å².